The maximum atomic E-state index is 5.84. The first-order valence-electron chi connectivity index (χ1n) is 7.35. The number of hydrogen-bond donors (Lipinski definition) is 0. The van der Waals surface area contributed by atoms with Gasteiger partial charge in [-0.1, -0.05) is 6.42 Å². The predicted octanol–water partition coefficient (Wildman–Crippen LogP) is 4.28. The van der Waals surface area contributed by atoms with Crippen molar-refractivity contribution in [1.29, 1.82) is 0 Å². The van der Waals surface area contributed by atoms with E-state index in [9.17, 15) is 0 Å². The van der Waals surface area contributed by atoms with E-state index in [4.69, 9.17) is 9.40 Å². The lowest BCUT2D eigenvalue weighted by Gasteiger charge is -2.21. The van der Waals surface area contributed by atoms with Gasteiger partial charge in [0.2, 0.25) is 5.88 Å². The van der Waals surface area contributed by atoms with E-state index >= 15 is 0 Å². The number of nitrogens with zero attached hydrogens (tertiary/aromatic N) is 3. The summed E-state index contributed by atoms with van der Waals surface area (Å²) in [5.41, 5.74) is 1.82. The highest BCUT2D eigenvalue weighted by atomic mass is 32.2. The average molecular weight is 299 g/mol. The molecular weight excluding hydrogens is 282 g/mol. The normalized spacial score (nSPS) is 19.2. The number of thioether (sulfide) groups is 1. The van der Waals surface area contributed by atoms with Crippen LogP contribution in [0.2, 0.25) is 0 Å². The van der Waals surface area contributed by atoms with Crippen LogP contribution in [-0.4, -0.2) is 20.3 Å². The van der Waals surface area contributed by atoms with Gasteiger partial charge in [-0.3, -0.25) is 0 Å². The Morgan fingerprint density at radius 2 is 2.24 bits per heavy atom. The largest absolute Gasteiger partial charge is 0.445 e. The van der Waals surface area contributed by atoms with Gasteiger partial charge in [-0.15, -0.1) is 0 Å². The lowest BCUT2D eigenvalue weighted by molar-refractivity contribution is 0.505. The van der Waals surface area contributed by atoms with Gasteiger partial charge in [-0.25, -0.2) is 14.5 Å². The van der Waals surface area contributed by atoms with Crippen LogP contribution in [-0.2, 0) is 0 Å². The minimum Gasteiger partial charge on any atom is -0.445 e. The van der Waals surface area contributed by atoms with Gasteiger partial charge < -0.3 is 4.42 Å². The van der Waals surface area contributed by atoms with Crippen LogP contribution >= 0.6 is 11.8 Å². The molecule has 4 heterocycles. The standard InChI is InChI=1S/C16H17N3OS/c1-11-7-8-14(20-11)19-15-12(5-4-9-17-15)18-16(19)13-6-2-3-10-21-13/h4-5,7-9,13H,2-3,6,10H2,1H3. The zero-order chi connectivity index (χ0) is 14.2. The molecule has 4 nitrogen and oxygen atoms in total. The van der Waals surface area contributed by atoms with Crippen molar-refractivity contribution in [2.75, 3.05) is 5.75 Å². The average Bonchev–Trinajstić information content (AvgIpc) is 3.11. The fourth-order valence-corrected chi connectivity index (χ4v) is 4.15. The number of pyridine rings is 1. The Bertz CT molecular complexity index is 771. The van der Waals surface area contributed by atoms with Gasteiger partial charge in [0.1, 0.15) is 17.1 Å². The highest BCUT2D eigenvalue weighted by Crippen LogP contribution is 2.39. The molecule has 3 aromatic rings. The number of fused-ring (bicyclic) bond motifs is 1. The topological polar surface area (TPSA) is 43.9 Å². The third-order valence-corrected chi connectivity index (χ3v) is 5.23. The molecule has 0 spiro atoms. The molecule has 1 atom stereocenters. The van der Waals surface area contributed by atoms with E-state index in [1.54, 1.807) is 0 Å². The summed E-state index contributed by atoms with van der Waals surface area (Å²) in [5, 5.41) is 0.429. The molecule has 21 heavy (non-hydrogen) atoms. The molecule has 0 radical (unpaired) electrons. The van der Waals surface area contributed by atoms with Gasteiger partial charge >= 0.3 is 0 Å². The summed E-state index contributed by atoms with van der Waals surface area (Å²) in [5.74, 6) is 4.00. The quantitative estimate of drug-likeness (QED) is 0.708. The van der Waals surface area contributed by atoms with Crippen molar-refractivity contribution < 1.29 is 4.42 Å². The van der Waals surface area contributed by atoms with Crippen molar-refractivity contribution in [1.82, 2.24) is 14.5 Å². The Balaban J connectivity index is 1.92. The van der Waals surface area contributed by atoms with Gasteiger partial charge in [0, 0.05) is 12.3 Å². The van der Waals surface area contributed by atoms with Crippen molar-refractivity contribution >= 4 is 22.9 Å². The van der Waals surface area contributed by atoms with Crippen molar-refractivity contribution in [3.63, 3.8) is 0 Å². The highest BCUT2D eigenvalue weighted by Gasteiger charge is 2.25. The molecule has 1 fully saturated rings. The van der Waals surface area contributed by atoms with Gasteiger partial charge in [0.25, 0.3) is 0 Å². The SMILES string of the molecule is Cc1ccc(-n2c(C3CCCCS3)nc3cccnc32)o1. The number of imidazole rings is 1. The Labute approximate surface area is 127 Å². The van der Waals surface area contributed by atoms with Crippen LogP contribution < -0.4 is 0 Å². The van der Waals surface area contributed by atoms with Crippen molar-refractivity contribution in [3.8, 4) is 5.88 Å². The molecule has 0 aromatic carbocycles. The van der Waals surface area contributed by atoms with Crippen molar-refractivity contribution in [3.05, 3.63) is 42.0 Å². The minimum atomic E-state index is 0.429. The Morgan fingerprint density at radius 1 is 1.29 bits per heavy atom. The molecular formula is C16H17N3OS. The van der Waals surface area contributed by atoms with Crippen molar-refractivity contribution in [2.45, 2.75) is 31.4 Å². The van der Waals surface area contributed by atoms with E-state index in [1.165, 1.54) is 25.0 Å². The monoisotopic (exact) mass is 299 g/mol. The molecule has 1 unspecified atom stereocenters. The summed E-state index contributed by atoms with van der Waals surface area (Å²) < 4.78 is 7.93. The number of furan rings is 1. The number of rotatable bonds is 2. The Morgan fingerprint density at radius 3 is 3.00 bits per heavy atom. The van der Waals surface area contributed by atoms with Gasteiger partial charge in [-0.05, 0) is 43.7 Å². The molecule has 1 saturated heterocycles. The Hall–Kier alpha value is -1.75. The second kappa shape index (κ2) is 5.22. The van der Waals surface area contributed by atoms with Gasteiger partial charge in [0.15, 0.2) is 5.65 Å². The van der Waals surface area contributed by atoms with E-state index in [0.717, 1.165) is 28.6 Å². The van der Waals surface area contributed by atoms with Crippen LogP contribution in [0.3, 0.4) is 0 Å². The molecule has 0 bridgehead atoms. The van der Waals surface area contributed by atoms with E-state index < -0.39 is 0 Å². The maximum absolute atomic E-state index is 5.84. The third kappa shape index (κ3) is 2.25. The lowest BCUT2D eigenvalue weighted by Crippen LogP contribution is -2.09. The van der Waals surface area contributed by atoms with E-state index in [0.29, 0.717) is 5.25 Å². The summed E-state index contributed by atoms with van der Waals surface area (Å²) in [6, 6.07) is 7.94. The molecule has 108 valence electrons. The fraction of sp³-hybridized carbons (Fsp3) is 0.375. The molecule has 3 aromatic heterocycles. The van der Waals surface area contributed by atoms with Crippen LogP contribution in [0.5, 0.6) is 0 Å². The van der Waals surface area contributed by atoms with Crippen LogP contribution in [0, 0.1) is 6.92 Å². The fourth-order valence-electron chi connectivity index (χ4n) is 2.85. The molecule has 5 heteroatoms. The zero-order valence-electron chi connectivity index (χ0n) is 12.0. The maximum Gasteiger partial charge on any atom is 0.206 e. The smallest absolute Gasteiger partial charge is 0.206 e. The van der Waals surface area contributed by atoms with Crippen LogP contribution in [0.4, 0.5) is 0 Å². The zero-order valence-corrected chi connectivity index (χ0v) is 12.8. The second-order valence-electron chi connectivity index (χ2n) is 5.39. The third-order valence-electron chi connectivity index (χ3n) is 3.86. The summed E-state index contributed by atoms with van der Waals surface area (Å²) >= 11 is 1.99. The van der Waals surface area contributed by atoms with E-state index in [-0.39, 0.29) is 0 Å². The number of hydrogen-bond acceptors (Lipinski definition) is 4. The summed E-state index contributed by atoms with van der Waals surface area (Å²) in [6.07, 6.45) is 5.56. The highest BCUT2D eigenvalue weighted by molar-refractivity contribution is 7.99. The number of aromatic nitrogens is 3. The lowest BCUT2D eigenvalue weighted by atomic mass is 10.2. The molecule has 4 rings (SSSR count). The molecule has 0 N–H and O–H groups in total. The summed E-state index contributed by atoms with van der Waals surface area (Å²) in [7, 11) is 0. The van der Waals surface area contributed by atoms with Crippen LogP contribution in [0.15, 0.2) is 34.9 Å². The number of aryl methyl sites for hydroxylation is 1. The minimum absolute atomic E-state index is 0.429. The summed E-state index contributed by atoms with van der Waals surface area (Å²) in [6.45, 7) is 1.96. The van der Waals surface area contributed by atoms with Crippen LogP contribution in [0.25, 0.3) is 17.0 Å². The van der Waals surface area contributed by atoms with E-state index in [2.05, 4.69) is 9.55 Å². The molecule has 0 aliphatic carbocycles. The summed E-state index contributed by atoms with van der Waals surface area (Å²) in [4.78, 5) is 9.36. The second-order valence-corrected chi connectivity index (χ2v) is 6.70. The van der Waals surface area contributed by atoms with Gasteiger partial charge in [0.05, 0.1) is 5.25 Å². The van der Waals surface area contributed by atoms with Crippen LogP contribution in [0.1, 0.15) is 36.1 Å². The molecule has 1 aliphatic rings. The Kier molecular flexibility index (Phi) is 3.22. The molecule has 0 amide bonds. The molecule has 0 saturated carbocycles. The first-order chi connectivity index (χ1) is 10.3. The van der Waals surface area contributed by atoms with E-state index in [1.807, 2.05) is 49.1 Å². The van der Waals surface area contributed by atoms with Crippen molar-refractivity contribution in [2.24, 2.45) is 0 Å². The first kappa shape index (κ1) is 13.0. The molecule has 1 aliphatic heterocycles. The predicted molar refractivity (Wildman–Crippen MR) is 84.9 cm³/mol. The first-order valence-corrected chi connectivity index (χ1v) is 8.39. The van der Waals surface area contributed by atoms with Gasteiger partial charge in [-0.2, -0.15) is 11.8 Å².